The maximum atomic E-state index is 13.9. The highest BCUT2D eigenvalue weighted by Crippen LogP contribution is 2.36. The Morgan fingerprint density at radius 1 is 1.08 bits per heavy atom. The van der Waals surface area contributed by atoms with Gasteiger partial charge in [0.1, 0.15) is 11.1 Å². The first-order valence-corrected chi connectivity index (χ1v) is 8.55. The van der Waals surface area contributed by atoms with E-state index in [2.05, 4.69) is 10.6 Å². The summed E-state index contributed by atoms with van der Waals surface area (Å²) in [5.41, 5.74) is 0.863. The minimum atomic E-state index is -0.477. The number of likely N-dealkylation sites (N-methyl/N-ethyl adjacent to an activating group) is 1. The van der Waals surface area contributed by atoms with Crippen LogP contribution < -0.4 is 10.6 Å². The van der Waals surface area contributed by atoms with Crippen LogP contribution in [0.5, 0.6) is 0 Å². The molecule has 0 saturated carbocycles. The van der Waals surface area contributed by atoms with E-state index >= 15 is 0 Å². The Hall–Kier alpha value is -1.56. The Kier molecular flexibility index (Phi) is 9.45. The second-order valence-corrected chi connectivity index (χ2v) is 6.13. The minimum absolute atomic E-state index is 0. The molecule has 0 aromatic heterocycles. The van der Waals surface area contributed by atoms with Gasteiger partial charge in [-0.2, -0.15) is 0 Å². The Balaban J connectivity index is 0.00000288. The molecule has 0 bridgehead atoms. The molecule has 1 amide bonds. The first-order chi connectivity index (χ1) is 11.2. The van der Waals surface area contributed by atoms with Crippen LogP contribution in [-0.2, 0) is 4.79 Å². The smallest absolute Gasteiger partial charge is 0.238 e. The third-order valence-electron chi connectivity index (χ3n) is 3.27. The van der Waals surface area contributed by atoms with Gasteiger partial charge in [0.25, 0.3) is 0 Å². The van der Waals surface area contributed by atoms with Gasteiger partial charge in [-0.05, 0) is 24.2 Å². The van der Waals surface area contributed by atoms with Crippen LogP contribution in [0.3, 0.4) is 0 Å². The summed E-state index contributed by atoms with van der Waals surface area (Å²) < 4.78 is 13.9. The van der Waals surface area contributed by atoms with Crippen molar-refractivity contribution in [3.05, 3.63) is 66.0 Å². The van der Waals surface area contributed by atoms with Gasteiger partial charge >= 0.3 is 0 Å². The van der Waals surface area contributed by atoms with Crippen molar-refractivity contribution in [2.45, 2.75) is 17.1 Å². The van der Waals surface area contributed by atoms with Crippen molar-refractivity contribution in [3.63, 3.8) is 0 Å². The molecule has 130 valence electrons. The average molecular weight is 369 g/mol. The normalized spacial score (nSPS) is 11.4. The molecule has 0 heterocycles. The summed E-state index contributed by atoms with van der Waals surface area (Å²) >= 11 is 1.23. The molecule has 0 saturated heterocycles. The molecule has 1 atom stereocenters. The van der Waals surface area contributed by atoms with E-state index in [0.717, 1.165) is 12.1 Å². The number of carbonyl (C=O) groups is 1. The van der Waals surface area contributed by atoms with Gasteiger partial charge in [-0.15, -0.1) is 24.2 Å². The molecule has 1 unspecified atom stereocenters. The van der Waals surface area contributed by atoms with Crippen LogP contribution in [0.2, 0.25) is 0 Å². The molecule has 0 spiro atoms. The molecule has 3 nitrogen and oxygen atoms in total. The second kappa shape index (κ2) is 11.1. The Bertz CT molecular complexity index is 627. The first-order valence-electron chi connectivity index (χ1n) is 7.67. The highest BCUT2D eigenvalue weighted by molar-refractivity contribution is 8.00. The quantitative estimate of drug-likeness (QED) is 0.550. The third kappa shape index (κ3) is 6.15. The van der Waals surface area contributed by atoms with E-state index in [9.17, 15) is 9.18 Å². The molecular formula is C18H22ClFN2OS. The van der Waals surface area contributed by atoms with Crippen LogP contribution in [0.15, 0.2) is 59.5 Å². The lowest BCUT2D eigenvalue weighted by atomic mass is 10.1. The van der Waals surface area contributed by atoms with Crippen LogP contribution in [0.1, 0.15) is 17.7 Å². The molecule has 0 fully saturated rings. The monoisotopic (exact) mass is 368 g/mol. The zero-order chi connectivity index (χ0) is 16.5. The van der Waals surface area contributed by atoms with Crippen molar-refractivity contribution in [2.24, 2.45) is 0 Å². The summed E-state index contributed by atoms with van der Waals surface area (Å²) in [6.45, 7) is 4.15. The third-order valence-corrected chi connectivity index (χ3v) is 4.58. The highest BCUT2D eigenvalue weighted by Gasteiger charge is 2.22. The maximum Gasteiger partial charge on any atom is 0.238 e. The van der Waals surface area contributed by atoms with Crippen LogP contribution in [0.4, 0.5) is 4.39 Å². The Labute approximate surface area is 152 Å². The maximum absolute atomic E-state index is 13.9. The number of hydrogen-bond acceptors (Lipinski definition) is 3. The highest BCUT2D eigenvalue weighted by atomic mass is 35.5. The molecule has 0 aliphatic heterocycles. The van der Waals surface area contributed by atoms with Gasteiger partial charge in [0, 0.05) is 18.0 Å². The zero-order valence-corrected chi connectivity index (χ0v) is 15.1. The van der Waals surface area contributed by atoms with Crippen LogP contribution in [-0.4, -0.2) is 25.5 Å². The molecule has 2 N–H and O–H groups in total. The van der Waals surface area contributed by atoms with Crippen molar-refractivity contribution < 1.29 is 9.18 Å². The van der Waals surface area contributed by atoms with E-state index < -0.39 is 5.25 Å². The predicted molar refractivity (Wildman–Crippen MR) is 100 cm³/mol. The predicted octanol–water partition coefficient (Wildman–Crippen LogP) is 3.81. The number of thioether (sulfide) groups is 1. The summed E-state index contributed by atoms with van der Waals surface area (Å²) in [5.74, 6) is -0.416. The number of halogens is 2. The lowest BCUT2D eigenvalue weighted by Gasteiger charge is -2.17. The summed E-state index contributed by atoms with van der Waals surface area (Å²) in [5, 5.41) is 5.59. The molecule has 6 heteroatoms. The number of rotatable bonds is 8. The topological polar surface area (TPSA) is 41.1 Å². The van der Waals surface area contributed by atoms with Crippen molar-refractivity contribution in [1.82, 2.24) is 10.6 Å². The van der Waals surface area contributed by atoms with Crippen molar-refractivity contribution in [2.75, 3.05) is 19.6 Å². The fraction of sp³-hybridized carbons (Fsp3) is 0.278. The number of carbonyl (C=O) groups excluding carboxylic acids is 1. The number of amides is 1. The molecular weight excluding hydrogens is 347 g/mol. The van der Waals surface area contributed by atoms with Crippen LogP contribution in [0.25, 0.3) is 0 Å². The van der Waals surface area contributed by atoms with Gasteiger partial charge in [0.2, 0.25) is 5.91 Å². The molecule has 2 rings (SSSR count). The number of benzene rings is 2. The van der Waals surface area contributed by atoms with Gasteiger partial charge in [-0.3, -0.25) is 4.79 Å². The Morgan fingerprint density at radius 2 is 1.75 bits per heavy atom. The van der Waals surface area contributed by atoms with Crippen molar-refractivity contribution >= 4 is 30.1 Å². The average Bonchev–Trinajstić information content (AvgIpc) is 2.58. The van der Waals surface area contributed by atoms with E-state index in [-0.39, 0.29) is 24.1 Å². The van der Waals surface area contributed by atoms with Crippen LogP contribution >= 0.6 is 24.2 Å². The van der Waals surface area contributed by atoms with E-state index in [1.54, 1.807) is 18.2 Å². The van der Waals surface area contributed by atoms with Gasteiger partial charge in [-0.25, -0.2) is 4.39 Å². The SMILES string of the molecule is CCNCCNC(=O)C(Sc1ccccc1F)c1ccccc1.Cl. The number of hydrogen-bond donors (Lipinski definition) is 2. The van der Waals surface area contributed by atoms with E-state index in [1.165, 1.54) is 17.8 Å². The summed E-state index contributed by atoms with van der Waals surface area (Å²) in [6.07, 6.45) is 0. The second-order valence-electron chi connectivity index (χ2n) is 4.98. The van der Waals surface area contributed by atoms with Crippen LogP contribution in [0, 0.1) is 5.82 Å². The molecule has 24 heavy (non-hydrogen) atoms. The molecule has 0 aliphatic rings. The summed E-state index contributed by atoms with van der Waals surface area (Å²) in [4.78, 5) is 13.0. The molecule has 0 aliphatic carbocycles. The van der Waals surface area contributed by atoms with Crippen molar-refractivity contribution in [3.8, 4) is 0 Å². The largest absolute Gasteiger partial charge is 0.354 e. The van der Waals surface area contributed by atoms with E-state index in [0.29, 0.717) is 18.0 Å². The first kappa shape index (κ1) is 20.5. The lowest BCUT2D eigenvalue weighted by Crippen LogP contribution is -2.34. The number of nitrogens with one attached hydrogen (secondary N) is 2. The van der Waals surface area contributed by atoms with E-state index in [4.69, 9.17) is 0 Å². The summed E-state index contributed by atoms with van der Waals surface area (Å²) in [7, 11) is 0. The molecule has 2 aromatic carbocycles. The molecule has 0 radical (unpaired) electrons. The van der Waals surface area contributed by atoms with Gasteiger partial charge in [-0.1, -0.05) is 49.4 Å². The van der Waals surface area contributed by atoms with Gasteiger partial charge < -0.3 is 10.6 Å². The fourth-order valence-corrected chi connectivity index (χ4v) is 3.19. The summed E-state index contributed by atoms with van der Waals surface area (Å²) in [6, 6.07) is 16.0. The Morgan fingerprint density at radius 3 is 2.42 bits per heavy atom. The van der Waals surface area contributed by atoms with Crippen molar-refractivity contribution in [1.29, 1.82) is 0 Å². The molecule has 2 aromatic rings. The van der Waals surface area contributed by atoms with Gasteiger partial charge in [0.05, 0.1) is 0 Å². The van der Waals surface area contributed by atoms with Gasteiger partial charge in [0.15, 0.2) is 0 Å². The van der Waals surface area contributed by atoms with E-state index in [1.807, 2.05) is 37.3 Å². The lowest BCUT2D eigenvalue weighted by molar-refractivity contribution is -0.120. The minimum Gasteiger partial charge on any atom is -0.354 e. The fourth-order valence-electron chi connectivity index (χ4n) is 2.11. The standard InChI is InChI=1S/C18H21FN2OS.ClH/c1-2-20-12-13-21-18(22)17(14-8-4-3-5-9-14)23-16-11-7-6-10-15(16)19;/h3-11,17,20H,2,12-13H2,1H3,(H,21,22);1H. The zero-order valence-electron chi connectivity index (χ0n) is 13.5.